The lowest BCUT2D eigenvalue weighted by Crippen LogP contribution is -1.91. The fourth-order valence-electron chi connectivity index (χ4n) is 1.11. The SMILES string of the molecule is Fc1cc(Br)ccc1Oc1ncccc1Br. The zero-order chi connectivity index (χ0) is 11.5. The van der Waals surface area contributed by atoms with Crippen molar-refractivity contribution in [2.45, 2.75) is 0 Å². The highest BCUT2D eigenvalue weighted by Gasteiger charge is 2.08. The molecule has 1 aromatic carbocycles. The topological polar surface area (TPSA) is 22.1 Å². The number of aromatic nitrogens is 1. The molecule has 0 aliphatic rings. The molecule has 2 rings (SSSR count). The third-order valence-electron chi connectivity index (χ3n) is 1.83. The monoisotopic (exact) mass is 345 g/mol. The van der Waals surface area contributed by atoms with Crippen LogP contribution in [0.15, 0.2) is 45.5 Å². The Morgan fingerprint density at radius 3 is 2.69 bits per heavy atom. The van der Waals surface area contributed by atoms with Gasteiger partial charge in [0.2, 0.25) is 5.88 Å². The summed E-state index contributed by atoms with van der Waals surface area (Å²) in [5.41, 5.74) is 0. The van der Waals surface area contributed by atoms with Crippen molar-refractivity contribution < 1.29 is 9.13 Å². The predicted octanol–water partition coefficient (Wildman–Crippen LogP) is 4.54. The van der Waals surface area contributed by atoms with Gasteiger partial charge in [-0.2, -0.15) is 0 Å². The maximum Gasteiger partial charge on any atom is 0.233 e. The van der Waals surface area contributed by atoms with E-state index in [1.807, 2.05) is 0 Å². The molecule has 0 fully saturated rings. The average molecular weight is 347 g/mol. The Bertz CT molecular complexity index is 519. The summed E-state index contributed by atoms with van der Waals surface area (Å²) in [4.78, 5) is 3.99. The molecule has 2 nitrogen and oxygen atoms in total. The molecule has 0 atom stereocenters. The van der Waals surface area contributed by atoms with Gasteiger partial charge >= 0.3 is 0 Å². The summed E-state index contributed by atoms with van der Waals surface area (Å²) in [6.45, 7) is 0. The van der Waals surface area contributed by atoms with Crippen LogP contribution in [0.5, 0.6) is 11.6 Å². The number of rotatable bonds is 2. The van der Waals surface area contributed by atoms with Gasteiger partial charge in [0.1, 0.15) is 0 Å². The third kappa shape index (κ3) is 2.59. The second-order valence-electron chi connectivity index (χ2n) is 2.97. The van der Waals surface area contributed by atoms with Crippen LogP contribution in [0.1, 0.15) is 0 Å². The minimum Gasteiger partial charge on any atom is -0.435 e. The van der Waals surface area contributed by atoms with Gasteiger partial charge in [0.15, 0.2) is 11.6 Å². The van der Waals surface area contributed by atoms with Gasteiger partial charge in [-0.1, -0.05) is 15.9 Å². The van der Waals surface area contributed by atoms with Crippen LogP contribution in [0.2, 0.25) is 0 Å². The number of ether oxygens (including phenoxy) is 1. The average Bonchev–Trinajstić information content (AvgIpc) is 2.25. The predicted molar refractivity (Wildman–Crippen MR) is 66.1 cm³/mol. The van der Waals surface area contributed by atoms with Crippen LogP contribution in [-0.2, 0) is 0 Å². The quantitative estimate of drug-likeness (QED) is 0.796. The molecule has 82 valence electrons. The number of nitrogens with zero attached hydrogens (tertiary/aromatic N) is 1. The fourth-order valence-corrected chi connectivity index (χ4v) is 1.78. The van der Waals surface area contributed by atoms with E-state index in [9.17, 15) is 4.39 Å². The van der Waals surface area contributed by atoms with Crippen LogP contribution < -0.4 is 4.74 Å². The molecular weight excluding hydrogens is 341 g/mol. The standard InChI is InChI=1S/C11H6Br2FNO/c12-7-3-4-10(9(14)6-7)16-11-8(13)2-1-5-15-11/h1-6H. The Morgan fingerprint density at radius 2 is 2.00 bits per heavy atom. The van der Waals surface area contributed by atoms with Gasteiger partial charge in [-0.15, -0.1) is 0 Å². The molecule has 0 N–H and O–H groups in total. The van der Waals surface area contributed by atoms with Crippen LogP contribution >= 0.6 is 31.9 Å². The molecular formula is C11H6Br2FNO. The number of pyridine rings is 1. The number of halogens is 3. The summed E-state index contributed by atoms with van der Waals surface area (Å²) in [7, 11) is 0. The van der Waals surface area contributed by atoms with Gasteiger partial charge in [-0.3, -0.25) is 0 Å². The summed E-state index contributed by atoms with van der Waals surface area (Å²) in [6, 6.07) is 8.12. The normalized spacial score (nSPS) is 10.2. The maximum absolute atomic E-state index is 13.5. The van der Waals surface area contributed by atoms with Gasteiger partial charge < -0.3 is 4.74 Å². The number of hydrogen-bond acceptors (Lipinski definition) is 2. The molecule has 0 saturated heterocycles. The van der Waals surface area contributed by atoms with Gasteiger partial charge in [-0.25, -0.2) is 9.37 Å². The zero-order valence-corrected chi connectivity index (χ0v) is 11.1. The van der Waals surface area contributed by atoms with Crippen molar-refractivity contribution in [3.63, 3.8) is 0 Å². The molecule has 0 unspecified atom stereocenters. The highest BCUT2D eigenvalue weighted by atomic mass is 79.9. The molecule has 1 heterocycles. The lowest BCUT2D eigenvalue weighted by molar-refractivity contribution is 0.425. The minimum absolute atomic E-state index is 0.141. The molecule has 0 aliphatic heterocycles. The first-order chi connectivity index (χ1) is 7.66. The van der Waals surface area contributed by atoms with Gasteiger partial charge in [0.05, 0.1) is 4.47 Å². The van der Waals surface area contributed by atoms with E-state index in [-0.39, 0.29) is 5.75 Å². The molecule has 5 heteroatoms. The van der Waals surface area contributed by atoms with Crippen LogP contribution in [0.4, 0.5) is 4.39 Å². The maximum atomic E-state index is 13.5. The molecule has 0 spiro atoms. The summed E-state index contributed by atoms with van der Waals surface area (Å²) in [6.07, 6.45) is 1.58. The summed E-state index contributed by atoms with van der Waals surface area (Å²) in [5, 5.41) is 0. The zero-order valence-electron chi connectivity index (χ0n) is 7.95. The lowest BCUT2D eigenvalue weighted by Gasteiger charge is -2.07. The molecule has 0 saturated carbocycles. The first kappa shape index (κ1) is 11.5. The highest BCUT2D eigenvalue weighted by molar-refractivity contribution is 9.10. The van der Waals surface area contributed by atoms with E-state index in [0.29, 0.717) is 14.8 Å². The van der Waals surface area contributed by atoms with Gasteiger partial charge in [0, 0.05) is 10.7 Å². The Hall–Kier alpha value is -0.940. The molecule has 0 amide bonds. The Balaban J connectivity index is 2.31. The van der Waals surface area contributed by atoms with Crippen molar-refractivity contribution in [3.8, 4) is 11.6 Å². The van der Waals surface area contributed by atoms with Crippen LogP contribution in [0.3, 0.4) is 0 Å². The van der Waals surface area contributed by atoms with Crippen molar-refractivity contribution in [2.75, 3.05) is 0 Å². The molecule has 0 bridgehead atoms. The van der Waals surface area contributed by atoms with Gasteiger partial charge in [-0.05, 0) is 46.3 Å². The molecule has 16 heavy (non-hydrogen) atoms. The Kier molecular flexibility index (Phi) is 3.56. The second kappa shape index (κ2) is 4.93. The summed E-state index contributed by atoms with van der Waals surface area (Å²) < 4.78 is 20.2. The van der Waals surface area contributed by atoms with E-state index in [4.69, 9.17) is 4.74 Å². The smallest absolute Gasteiger partial charge is 0.233 e. The van der Waals surface area contributed by atoms with E-state index in [1.165, 1.54) is 6.07 Å². The van der Waals surface area contributed by atoms with Crippen LogP contribution in [0.25, 0.3) is 0 Å². The van der Waals surface area contributed by atoms with E-state index in [2.05, 4.69) is 36.8 Å². The van der Waals surface area contributed by atoms with Crippen molar-refractivity contribution in [1.82, 2.24) is 4.98 Å². The molecule has 2 aromatic rings. The largest absolute Gasteiger partial charge is 0.435 e. The first-order valence-corrected chi connectivity index (χ1v) is 5.99. The van der Waals surface area contributed by atoms with Gasteiger partial charge in [0.25, 0.3) is 0 Å². The Labute approximate surface area is 109 Å². The molecule has 0 aliphatic carbocycles. The second-order valence-corrected chi connectivity index (χ2v) is 4.74. The van der Waals surface area contributed by atoms with Crippen LogP contribution in [0, 0.1) is 5.82 Å². The Morgan fingerprint density at radius 1 is 1.19 bits per heavy atom. The highest BCUT2D eigenvalue weighted by Crippen LogP contribution is 2.29. The van der Waals surface area contributed by atoms with E-state index in [1.54, 1.807) is 30.5 Å². The number of hydrogen-bond donors (Lipinski definition) is 0. The van der Waals surface area contributed by atoms with Crippen molar-refractivity contribution in [1.29, 1.82) is 0 Å². The lowest BCUT2D eigenvalue weighted by atomic mass is 10.3. The molecule has 0 radical (unpaired) electrons. The van der Waals surface area contributed by atoms with E-state index < -0.39 is 5.82 Å². The first-order valence-electron chi connectivity index (χ1n) is 4.40. The number of benzene rings is 1. The van der Waals surface area contributed by atoms with Crippen molar-refractivity contribution >= 4 is 31.9 Å². The summed E-state index contributed by atoms with van der Waals surface area (Å²) >= 11 is 6.45. The minimum atomic E-state index is -0.438. The van der Waals surface area contributed by atoms with E-state index in [0.717, 1.165) is 0 Å². The summed E-state index contributed by atoms with van der Waals surface area (Å²) in [5.74, 6) is 0.0400. The third-order valence-corrected chi connectivity index (χ3v) is 2.92. The van der Waals surface area contributed by atoms with E-state index >= 15 is 0 Å². The molecule has 1 aromatic heterocycles. The fraction of sp³-hybridized carbons (Fsp3) is 0. The van der Waals surface area contributed by atoms with Crippen LogP contribution in [-0.4, -0.2) is 4.98 Å². The van der Waals surface area contributed by atoms with Crippen molar-refractivity contribution in [2.24, 2.45) is 0 Å². The van der Waals surface area contributed by atoms with Crippen molar-refractivity contribution in [3.05, 3.63) is 51.3 Å².